The Morgan fingerprint density at radius 1 is 0.939 bits per heavy atom. The molecule has 0 aliphatic rings. The highest BCUT2D eigenvalue weighted by molar-refractivity contribution is 6.30. The first-order valence-corrected chi connectivity index (χ1v) is 9.52. The zero-order valence-electron chi connectivity index (χ0n) is 16.5. The van der Waals surface area contributed by atoms with E-state index in [1.165, 1.54) is 48.5 Å². The van der Waals surface area contributed by atoms with Gasteiger partial charge in [0.2, 0.25) is 5.75 Å². The van der Waals surface area contributed by atoms with Gasteiger partial charge in [-0.1, -0.05) is 11.6 Å². The average Bonchev–Trinajstić information content (AvgIpc) is 2.77. The van der Waals surface area contributed by atoms with E-state index in [9.17, 15) is 32.9 Å². The summed E-state index contributed by atoms with van der Waals surface area (Å²) in [5, 5.41) is 11.6. The zero-order chi connectivity index (χ0) is 24.2. The third kappa shape index (κ3) is 6.07. The molecular weight excluding hydrogens is 467 g/mol. The Hall–Kier alpha value is -3.92. The van der Waals surface area contributed by atoms with Gasteiger partial charge >= 0.3 is 17.8 Å². The van der Waals surface area contributed by atoms with Crippen LogP contribution in [0.3, 0.4) is 0 Å². The fourth-order valence-corrected chi connectivity index (χ4v) is 2.77. The number of carbonyl (C=O) groups excluding carboxylic acids is 2. The van der Waals surface area contributed by atoms with Gasteiger partial charge in [0.25, 0.3) is 0 Å². The lowest BCUT2D eigenvalue weighted by Crippen LogP contribution is -2.14. The molecule has 3 aromatic carbocycles. The molecule has 11 heteroatoms. The molecule has 0 spiro atoms. The van der Waals surface area contributed by atoms with Crippen LogP contribution in [-0.2, 0) is 10.9 Å². The Labute approximate surface area is 189 Å². The Bertz CT molecular complexity index is 1190. The number of hydrogen-bond donors (Lipinski definition) is 0. The molecule has 0 N–H and O–H groups in total. The molecule has 0 aliphatic heterocycles. The van der Waals surface area contributed by atoms with E-state index in [1.54, 1.807) is 0 Å². The van der Waals surface area contributed by atoms with Gasteiger partial charge in [-0.3, -0.25) is 14.9 Å². The second-order valence-electron chi connectivity index (χ2n) is 6.57. The van der Waals surface area contributed by atoms with Crippen molar-refractivity contribution in [1.82, 2.24) is 0 Å². The largest absolute Gasteiger partial charge is 0.454 e. The summed E-state index contributed by atoms with van der Waals surface area (Å²) in [4.78, 5) is 34.4. The van der Waals surface area contributed by atoms with Crippen molar-refractivity contribution in [3.05, 3.63) is 98.6 Å². The van der Waals surface area contributed by atoms with Crippen molar-refractivity contribution in [2.75, 3.05) is 6.61 Å². The van der Waals surface area contributed by atoms with Crippen molar-refractivity contribution < 1.29 is 37.2 Å². The van der Waals surface area contributed by atoms with E-state index in [-0.39, 0.29) is 11.3 Å². The minimum atomic E-state index is -4.75. The fraction of sp³-hybridized carbons (Fsp3) is 0.0909. The molecule has 0 aromatic heterocycles. The number of rotatable bonds is 7. The van der Waals surface area contributed by atoms with Gasteiger partial charge in [0.1, 0.15) is 5.75 Å². The van der Waals surface area contributed by atoms with Crippen LogP contribution in [0.25, 0.3) is 0 Å². The average molecular weight is 480 g/mol. The quantitative estimate of drug-likeness (QED) is 0.176. The van der Waals surface area contributed by atoms with Gasteiger partial charge in [-0.2, -0.15) is 13.2 Å². The van der Waals surface area contributed by atoms with E-state index < -0.39 is 46.5 Å². The summed E-state index contributed by atoms with van der Waals surface area (Å²) in [5.74, 6) is -1.61. The van der Waals surface area contributed by atoms with Crippen LogP contribution < -0.4 is 4.74 Å². The first-order valence-electron chi connectivity index (χ1n) is 9.14. The predicted molar refractivity (Wildman–Crippen MR) is 111 cm³/mol. The molecule has 0 saturated heterocycles. The molecule has 33 heavy (non-hydrogen) atoms. The molecule has 0 bridgehead atoms. The van der Waals surface area contributed by atoms with Crippen molar-refractivity contribution in [1.29, 1.82) is 0 Å². The smallest absolute Gasteiger partial charge is 0.416 e. The van der Waals surface area contributed by atoms with Crippen LogP contribution in [0, 0.1) is 10.1 Å². The molecule has 0 aliphatic carbocycles. The predicted octanol–water partition coefficient (Wildman–Crippen LogP) is 6.10. The summed E-state index contributed by atoms with van der Waals surface area (Å²) in [6.07, 6.45) is -4.75. The van der Waals surface area contributed by atoms with Gasteiger partial charge in [-0.05, 0) is 60.7 Å². The van der Waals surface area contributed by atoms with Crippen LogP contribution in [0.5, 0.6) is 11.5 Å². The molecule has 0 amide bonds. The fourth-order valence-electron chi connectivity index (χ4n) is 2.64. The van der Waals surface area contributed by atoms with Crippen molar-refractivity contribution in [3.8, 4) is 11.5 Å². The van der Waals surface area contributed by atoms with E-state index in [1.807, 2.05) is 0 Å². The van der Waals surface area contributed by atoms with Crippen molar-refractivity contribution in [2.24, 2.45) is 0 Å². The lowest BCUT2D eigenvalue weighted by molar-refractivity contribution is -0.385. The summed E-state index contributed by atoms with van der Waals surface area (Å²) in [5.41, 5.74) is -1.68. The lowest BCUT2D eigenvalue weighted by atomic mass is 10.1. The van der Waals surface area contributed by atoms with Gasteiger partial charge in [-0.25, -0.2) is 4.79 Å². The SMILES string of the molecule is O=C(COC(=O)c1ccc(Oc2ccc(C(F)(F)F)cc2[N+](=O)[O-])cc1)c1ccc(Cl)cc1. The first kappa shape index (κ1) is 23.7. The highest BCUT2D eigenvalue weighted by atomic mass is 35.5. The van der Waals surface area contributed by atoms with Gasteiger partial charge in [0.15, 0.2) is 12.4 Å². The molecule has 3 aromatic rings. The highest BCUT2D eigenvalue weighted by Crippen LogP contribution is 2.37. The van der Waals surface area contributed by atoms with Crippen LogP contribution >= 0.6 is 11.6 Å². The number of ketones is 1. The number of ether oxygens (including phenoxy) is 2. The number of benzene rings is 3. The van der Waals surface area contributed by atoms with Crippen molar-refractivity contribution >= 4 is 29.0 Å². The maximum atomic E-state index is 12.8. The molecule has 0 fully saturated rings. The number of nitro benzene ring substituents is 1. The Balaban J connectivity index is 1.66. The van der Waals surface area contributed by atoms with Crippen LogP contribution in [0.1, 0.15) is 26.3 Å². The van der Waals surface area contributed by atoms with E-state index >= 15 is 0 Å². The molecule has 0 unspecified atom stereocenters. The molecule has 0 heterocycles. The maximum Gasteiger partial charge on any atom is 0.416 e. The van der Waals surface area contributed by atoms with Crippen LogP contribution in [0.2, 0.25) is 5.02 Å². The van der Waals surface area contributed by atoms with E-state index in [2.05, 4.69) is 0 Å². The van der Waals surface area contributed by atoms with Crippen LogP contribution in [0.15, 0.2) is 66.7 Å². The lowest BCUT2D eigenvalue weighted by Gasteiger charge is -2.10. The number of carbonyl (C=O) groups is 2. The molecule has 0 atom stereocenters. The zero-order valence-corrected chi connectivity index (χ0v) is 17.2. The number of hydrogen-bond acceptors (Lipinski definition) is 6. The summed E-state index contributed by atoms with van der Waals surface area (Å²) in [6.45, 7) is -0.504. The summed E-state index contributed by atoms with van der Waals surface area (Å²) in [7, 11) is 0. The van der Waals surface area contributed by atoms with Gasteiger partial charge in [-0.15, -0.1) is 0 Å². The van der Waals surface area contributed by atoms with Crippen LogP contribution in [-0.4, -0.2) is 23.3 Å². The number of nitro groups is 1. The normalized spacial score (nSPS) is 11.0. The molecule has 7 nitrogen and oxygen atoms in total. The van der Waals surface area contributed by atoms with E-state index in [0.717, 1.165) is 6.07 Å². The van der Waals surface area contributed by atoms with Crippen molar-refractivity contribution in [3.63, 3.8) is 0 Å². The number of Topliss-reactive ketones (excluding diaryl/α,β-unsaturated/α-hetero) is 1. The van der Waals surface area contributed by atoms with E-state index in [0.29, 0.717) is 22.7 Å². The molecule has 0 radical (unpaired) electrons. The minimum Gasteiger partial charge on any atom is -0.454 e. The Morgan fingerprint density at radius 3 is 2.12 bits per heavy atom. The standard InChI is InChI=1S/C22H13ClF3NO6/c23-16-6-1-13(2-7-16)19(28)12-32-21(29)14-3-8-17(9-4-14)33-20-10-5-15(22(24,25)26)11-18(20)27(30)31/h1-11H,12H2. The topological polar surface area (TPSA) is 95.7 Å². The summed E-state index contributed by atoms with van der Waals surface area (Å²) in [6, 6.07) is 13.0. The third-order valence-corrected chi connectivity index (χ3v) is 4.55. The second-order valence-corrected chi connectivity index (χ2v) is 7.01. The number of esters is 1. The minimum absolute atomic E-state index is 0.0339. The van der Waals surface area contributed by atoms with Gasteiger partial charge in [0.05, 0.1) is 16.1 Å². The van der Waals surface area contributed by atoms with E-state index in [4.69, 9.17) is 21.1 Å². The number of alkyl halides is 3. The second kappa shape index (κ2) is 9.70. The van der Waals surface area contributed by atoms with Crippen molar-refractivity contribution in [2.45, 2.75) is 6.18 Å². The van der Waals surface area contributed by atoms with Crippen LogP contribution in [0.4, 0.5) is 18.9 Å². The Kier molecular flexibility index (Phi) is 6.98. The first-order chi connectivity index (χ1) is 15.5. The van der Waals surface area contributed by atoms with Gasteiger partial charge < -0.3 is 9.47 Å². The van der Waals surface area contributed by atoms with Gasteiger partial charge in [0, 0.05) is 16.7 Å². The number of nitrogens with zero attached hydrogens (tertiary/aromatic N) is 1. The third-order valence-electron chi connectivity index (χ3n) is 4.30. The maximum absolute atomic E-state index is 12.8. The number of halogens is 4. The summed E-state index contributed by atoms with van der Waals surface area (Å²) < 4.78 is 48.7. The Morgan fingerprint density at radius 2 is 1.55 bits per heavy atom. The molecule has 0 saturated carbocycles. The molecular formula is C22H13ClF3NO6. The molecule has 3 rings (SSSR count). The highest BCUT2D eigenvalue weighted by Gasteiger charge is 2.33. The summed E-state index contributed by atoms with van der Waals surface area (Å²) >= 11 is 5.75. The monoisotopic (exact) mass is 479 g/mol. The molecule has 170 valence electrons.